The molecule has 0 bridgehead atoms. The lowest BCUT2D eigenvalue weighted by molar-refractivity contribution is 0.106. The fourth-order valence-electron chi connectivity index (χ4n) is 5.69. The molecule has 1 aromatic rings. The lowest BCUT2D eigenvalue weighted by Crippen LogP contribution is -2.51. The molecule has 1 unspecified atom stereocenters. The quantitative estimate of drug-likeness (QED) is 0.861. The predicted molar refractivity (Wildman–Crippen MR) is 109 cm³/mol. The van der Waals surface area contributed by atoms with E-state index in [-0.39, 0.29) is 11.4 Å². The molecule has 2 saturated heterocycles. The van der Waals surface area contributed by atoms with E-state index in [2.05, 4.69) is 39.0 Å². The first-order valence-electron chi connectivity index (χ1n) is 11.2. The second-order valence-corrected chi connectivity index (χ2v) is 9.27. The number of rotatable bonds is 4. The number of likely N-dealkylation sites (N-methyl/N-ethyl adjacent to an activating group) is 1. The maximum atomic E-state index is 12.8. The molecule has 3 heterocycles. The summed E-state index contributed by atoms with van der Waals surface area (Å²) in [6.07, 6.45) is 11.2. The van der Waals surface area contributed by atoms with E-state index in [0.29, 0.717) is 12.0 Å². The molecule has 2 amide bonds. The van der Waals surface area contributed by atoms with Crippen LogP contribution in [-0.4, -0.2) is 69.9 Å². The number of aryl methyl sites for hydroxylation is 1. The Morgan fingerprint density at radius 2 is 2.00 bits per heavy atom. The highest BCUT2D eigenvalue weighted by molar-refractivity contribution is 5.74. The molecule has 156 valence electrons. The van der Waals surface area contributed by atoms with Crippen molar-refractivity contribution in [2.75, 3.05) is 33.2 Å². The first-order valence-corrected chi connectivity index (χ1v) is 11.2. The molecule has 7 nitrogen and oxygen atoms in total. The van der Waals surface area contributed by atoms with Crippen molar-refractivity contribution in [1.82, 2.24) is 29.9 Å². The SMILES string of the molecule is CCCn1cnnc1C1CN(C)CC12CCN(C(=O)NC1CCCCC1)CC2. The van der Waals surface area contributed by atoms with Crippen LogP contribution in [0.15, 0.2) is 6.33 Å². The van der Waals surface area contributed by atoms with Gasteiger partial charge in [-0.15, -0.1) is 10.2 Å². The second kappa shape index (κ2) is 8.39. The molecule has 1 aliphatic carbocycles. The second-order valence-electron chi connectivity index (χ2n) is 9.27. The zero-order valence-electron chi connectivity index (χ0n) is 17.6. The Morgan fingerprint density at radius 1 is 1.25 bits per heavy atom. The van der Waals surface area contributed by atoms with Crippen LogP contribution in [0.5, 0.6) is 0 Å². The largest absolute Gasteiger partial charge is 0.335 e. The molecule has 1 atom stereocenters. The number of piperidine rings is 1. The number of carbonyl (C=O) groups is 1. The Bertz CT molecular complexity index is 660. The molecule has 3 aliphatic rings. The molecule has 2 aliphatic heterocycles. The minimum absolute atomic E-state index is 0.152. The summed E-state index contributed by atoms with van der Waals surface area (Å²) in [6, 6.07) is 0.536. The van der Waals surface area contributed by atoms with Gasteiger partial charge in [0, 0.05) is 44.7 Å². The highest BCUT2D eigenvalue weighted by atomic mass is 16.2. The van der Waals surface area contributed by atoms with Crippen LogP contribution in [-0.2, 0) is 6.54 Å². The van der Waals surface area contributed by atoms with E-state index in [0.717, 1.165) is 70.7 Å². The van der Waals surface area contributed by atoms with Crippen molar-refractivity contribution in [3.63, 3.8) is 0 Å². The summed E-state index contributed by atoms with van der Waals surface area (Å²) in [5.74, 6) is 1.56. The van der Waals surface area contributed by atoms with Crippen LogP contribution in [0, 0.1) is 5.41 Å². The topological polar surface area (TPSA) is 66.3 Å². The third-order valence-electron chi connectivity index (χ3n) is 7.22. The third kappa shape index (κ3) is 3.91. The summed E-state index contributed by atoms with van der Waals surface area (Å²) in [5.41, 5.74) is 0.217. The smallest absolute Gasteiger partial charge is 0.317 e. The van der Waals surface area contributed by atoms with Gasteiger partial charge in [-0.05, 0) is 44.6 Å². The van der Waals surface area contributed by atoms with Crippen molar-refractivity contribution in [1.29, 1.82) is 0 Å². The van der Waals surface area contributed by atoms with Crippen LogP contribution in [0.25, 0.3) is 0 Å². The fraction of sp³-hybridized carbons (Fsp3) is 0.857. The summed E-state index contributed by atoms with van der Waals surface area (Å²) in [4.78, 5) is 17.2. The average molecular weight is 389 g/mol. The normalized spacial score (nSPS) is 26.1. The standard InChI is InChI=1S/C21H36N6O/c1-3-11-27-16-22-24-19(27)18-14-25(2)15-21(18)9-12-26(13-10-21)20(28)23-17-7-5-4-6-8-17/h16-18H,3-15H2,1-2H3,(H,23,28). The van der Waals surface area contributed by atoms with Gasteiger partial charge >= 0.3 is 6.03 Å². The molecule has 3 fully saturated rings. The van der Waals surface area contributed by atoms with Crippen molar-refractivity contribution in [3.8, 4) is 0 Å². The number of urea groups is 1. The first kappa shape index (κ1) is 19.7. The van der Waals surface area contributed by atoms with Crippen molar-refractivity contribution in [2.45, 2.75) is 76.8 Å². The summed E-state index contributed by atoms with van der Waals surface area (Å²) >= 11 is 0. The van der Waals surface area contributed by atoms with Gasteiger partial charge in [0.1, 0.15) is 12.2 Å². The zero-order chi connectivity index (χ0) is 19.6. The van der Waals surface area contributed by atoms with Crippen LogP contribution >= 0.6 is 0 Å². The number of likely N-dealkylation sites (tertiary alicyclic amines) is 2. The molecule has 7 heteroatoms. The van der Waals surface area contributed by atoms with Gasteiger partial charge in [-0.1, -0.05) is 26.2 Å². The van der Waals surface area contributed by atoms with Gasteiger partial charge in [0.15, 0.2) is 0 Å². The van der Waals surface area contributed by atoms with Crippen LogP contribution in [0.1, 0.15) is 70.0 Å². The first-order chi connectivity index (χ1) is 13.6. The Kier molecular flexibility index (Phi) is 5.90. The van der Waals surface area contributed by atoms with E-state index >= 15 is 0 Å². The van der Waals surface area contributed by atoms with Gasteiger partial charge in [0.05, 0.1) is 0 Å². The number of hydrogen-bond acceptors (Lipinski definition) is 4. The van der Waals surface area contributed by atoms with E-state index in [1.165, 1.54) is 19.3 Å². The monoisotopic (exact) mass is 388 g/mol. The highest BCUT2D eigenvalue weighted by Gasteiger charge is 2.49. The van der Waals surface area contributed by atoms with Crippen LogP contribution in [0.3, 0.4) is 0 Å². The summed E-state index contributed by atoms with van der Waals surface area (Å²) < 4.78 is 2.24. The van der Waals surface area contributed by atoms with E-state index in [9.17, 15) is 4.79 Å². The lowest BCUT2D eigenvalue weighted by Gasteiger charge is -2.42. The summed E-state index contributed by atoms with van der Waals surface area (Å²) in [6.45, 7) is 7.01. The van der Waals surface area contributed by atoms with Gasteiger partial charge in [-0.25, -0.2) is 4.79 Å². The number of nitrogens with one attached hydrogen (secondary N) is 1. The number of aromatic nitrogens is 3. The predicted octanol–water partition coefficient (Wildman–Crippen LogP) is 2.84. The van der Waals surface area contributed by atoms with E-state index in [1.54, 1.807) is 0 Å². The fourth-order valence-corrected chi connectivity index (χ4v) is 5.69. The minimum atomic E-state index is 0.152. The lowest BCUT2D eigenvalue weighted by atomic mass is 9.70. The van der Waals surface area contributed by atoms with Gasteiger partial charge < -0.3 is 19.7 Å². The van der Waals surface area contributed by atoms with Gasteiger partial charge in [0.2, 0.25) is 0 Å². The third-order valence-corrected chi connectivity index (χ3v) is 7.22. The summed E-state index contributed by atoms with van der Waals surface area (Å²) in [7, 11) is 2.21. The highest BCUT2D eigenvalue weighted by Crippen LogP contribution is 2.48. The van der Waals surface area contributed by atoms with Crippen LogP contribution in [0.2, 0.25) is 0 Å². The van der Waals surface area contributed by atoms with Crippen LogP contribution < -0.4 is 5.32 Å². The number of nitrogens with zero attached hydrogens (tertiary/aromatic N) is 5. The van der Waals surface area contributed by atoms with E-state index in [4.69, 9.17) is 0 Å². The van der Waals surface area contributed by atoms with Crippen molar-refractivity contribution < 1.29 is 4.79 Å². The molecule has 0 radical (unpaired) electrons. The minimum Gasteiger partial charge on any atom is -0.335 e. The Hall–Kier alpha value is -1.63. The Labute approximate surface area is 168 Å². The Balaban J connectivity index is 1.41. The van der Waals surface area contributed by atoms with Crippen molar-refractivity contribution in [3.05, 3.63) is 12.2 Å². The number of carbonyl (C=O) groups excluding carboxylic acids is 1. The van der Waals surface area contributed by atoms with Gasteiger partial charge in [0.25, 0.3) is 0 Å². The molecule has 1 aromatic heterocycles. The molecule has 1 spiro atoms. The number of amides is 2. The molecule has 0 aromatic carbocycles. The molecule has 1 saturated carbocycles. The maximum absolute atomic E-state index is 12.8. The molecular weight excluding hydrogens is 352 g/mol. The van der Waals surface area contributed by atoms with Gasteiger partial charge in [-0.3, -0.25) is 0 Å². The molecule has 1 N–H and O–H groups in total. The van der Waals surface area contributed by atoms with Crippen molar-refractivity contribution in [2.24, 2.45) is 5.41 Å². The Morgan fingerprint density at radius 3 is 2.71 bits per heavy atom. The number of hydrogen-bond donors (Lipinski definition) is 1. The van der Waals surface area contributed by atoms with E-state index in [1.807, 2.05) is 11.2 Å². The maximum Gasteiger partial charge on any atom is 0.317 e. The van der Waals surface area contributed by atoms with Gasteiger partial charge in [-0.2, -0.15) is 0 Å². The van der Waals surface area contributed by atoms with Crippen molar-refractivity contribution >= 4 is 6.03 Å². The van der Waals surface area contributed by atoms with E-state index < -0.39 is 0 Å². The molecular formula is C21H36N6O. The average Bonchev–Trinajstić information content (AvgIpc) is 3.27. The summed E-state index contributed by atoms with van der Waals surface area (Å²) in [5, 5.41) is 12.0. The zero-order valence-corrected chi connectivity index (χ0v) is 17.6. The molecule has 28 heavy (non-hydrogen) atoms. The molecule has 4 rings (SSSR count). The van der Waals surface area contributed by atoms with Crippen LogP contribution in [0.4, 0.5) is 4.79 Å².